The highest BCUT2D eigenvalue weighted by atomic mass is 16.5. The number of ether oxygens (including phenoxy) is 1. The van der Waals surface area contributed by atoms with Gasteiger partial charge in [-0.25, -0.2) is 9.78 Å². The number of carbonyl (C=O) groups excluding carboxylic acids is 1. The lowest BCUT2D eigenvalue weighted by Crippen LogP contribution is -2.36. The van der Waals surface area contributed by atoms with Crippen molar-refractivity contribution in [1.82, 2.24) is 4.98 Å². The zero-order valence-corrected chi connectivity index (χ0v) is 19.9. The number of pyridine rings is 1. The molecule has 0 aliphatic heterocycles. The molecule has 1 fully saturated rings. The monoisotopic (exact) mass is 470 g/mol. The summed E-state index contributed by atoms with van der Waals surface area (Å²) >= 11 is 0. The van der Waals surface area contributed by atoms with Gasteiger partial charge in [0, 0.05) is 35.5 Å². The highest BCUT2D eigenvalue weighted by Gasteiger charge is 2.27. The van der Waals surface area contributed by atoms with E-state index in [1.54, 1.807) is 19.4 Å². The number of amides is 1. The Labute approximate surface area is 205 Å². The van der Waals surface area contributed by atoms with Crippen molar-refractivity contribution in [2.45, 2.75) is 38.6 Å². The third-order valence-corrected chi connectivity index (χ3v) is 6.39. The highest BCUT2D eigenvalue weighted by molar-refractivity contribution is 5.95. The minimum atomic E-state index is -1.00. The SMILES string of the molecule is COc1ccc(-c2ccc(CN(C(=O)C3CCCCC3)c3cccc(/C=C/C(=O)O)c3)cc2)cn1. The van der Waals surface area contributed by atoms with Crippen LogP contribution < -0.4 is 9.64 Å². The van der Waals surface area contributed by atoms with Gasteiger partial charge in [0.25, 0.3) is 0 Å². The highest BCUT2D eigenvalue weighted by Crippen LogP contribution is 2.30. The summed E-state index contributed by atoms with van der Waals surface area (Å²) in [6.45, 7) is 0.447. The van der Waals surface area contributed by atoms with E-state index in [0.717, 1.165) is 59.7 Å². The fourth-order valence-electron chi connectivity index (χ4n) is 4.49. The lowest BCUT2D eigenvalue weighted by Gasteiger charge is -2.30. The molecule has 1 aliphatic carbocycles. The van der Waals surface area contributed by atoms with E-state index in [9.17, 15) is 9.59 Å². The first-order valence-electron chi connectivity index (χ1n) is 12.0. The van der Waals surface area contributed by atoms with Crippen molar-refractivity contribution in [2.24, 2.45) is 5.92 Å². The molecule has 0 unspecified atom stereocenters. The first-order valence-corrected chi connectivity index (χ1v) is 12.0. The van der Waals surface area contributed by atoms with Crippen LogP contribution >= 0.6 is 0 Å². The number of methoxy groups -OCH3 is 1. The van der Waals surface area contributed by atoms with Gasteiger partial charge >= 0.3 is 5.97 Å². The zero-order chi connectivity index (χ0) is 24.6. The summed E-state index contributed by atoms with van der Waals surface area (Å²) in [7, 11) is 1.59. The molecule has 1 saturated carbocycles. The molecular weight excluding hydrogens is 440 g/mol. The van der Waals surface area contributed by atoms with Crippen LogP contribution in [0.1, 0.15) is 43.2 Å². The summed E-state index contributed by atoms with van der Waals surface area (Å²) in [5.41, 5.74) is 4.57. The molecule has 2 aromatic carbocycles. The number of anilines is 1. The number of carboxylic acids is 1. The predicted molar refractivity (Wildman–Crippen MR) is 137 cm³/mol. The van der Waals surface area contributed by atoms with Crippen molar-refractivity contribution >= 4 is 23.6 Å². The van der Waals surface area contributed by atoms with Gasteiger partial charge in [-0.15, -0.1) is 0 Å². The molecule has 0 bridgehead atoms. The number of hydrogen-bond acceptors (Lipinski definition) is 4. The molecule has 180 valence electrons. The van der Waals surface area contributed by atoms with Crippen LogP contribution in [0, 0.1) is 5.92 Å². The van der Waals surface area contributed by atoms with E-state index < -0.39 is 5.97 Å². The number of benzene rings is 2. The molecule has 0 saturated heterocycles. The summed E-state index contributed by atoms with van der Waals surface area (Å²) in [4.78, 5) is 30.7. The molecule has 1 aliphatic rings. The number of hydrogen-bond donors (Lipinski definition) is 1. The van der Waals surface area contributed by atoms with E-state index in [-0.39, 0.29) is 11.8 Å². The Morgan fingerprint density at radius 3 is 2.43 bits per heavy atom. The summed E-state index contributed by atoms with van der Waals surface area (Å²) in [6, 6.07) is 19.4. The summed E-state index contributed by atoms with van der Waals surface area (Å²) in [6.07, 6.45) is 9.61. The van der Waals surface area contributed by atoms with Gasteiger partial charge in [-0.05, 0) is 53.8 Å². The number of nitrogens with zero attached hydrogens (tertiary/aromatic N) is 2. The summed E-state index contributed by atoms with van der Waals surface area (Å²) < 4.78 is 5.14. The molecular formula is C29H30N2O4. The molecule has 4 rings (SSSR count). The molecule has 1 aromatic heterocycles. The van der Waals surface area contributed by atoms with E-state index in [4.69, 9.17) is 9.84 Å². The number of rotatable bonds is 8. The standard InChI is InChI=1S/C29H30N2O4/c1-35-27-16-15-25(19-30-27)23-13-10-22(11-14-23)20-31(29(34)24-7-3-2-4-8-24)26-9-5-6-21(18-26)12-17-28(32)33/h5-6,9-19,24H,2-4,7-8,20H2,1H3,(H,32,33)/b17-12+. The third-order valence-electron chi connectivity index (χ3n) is 6.39. The van der Waals surface area contributed by atoms with Gasteiger partial charge in [0.15, 0.2) is 0 Å². The van der Waals surface area contributed by atoms with E-state index in [2.05, 4.69) is 4.98 Å². The lowest BCUT2D eigenvalue weighted by atomic mass is 9.88. The largest absolute Gasteiger partial charge is 0.481 e. The van der Waals surface area contributed by atoms with Crippen LogP contribution in [0.3, 0.4) is 0 Å². The normalized spacial score (nSPS) is 14.1. The second-order valence-electron chi connectivity index (χ2n) is 8.81. The topological polar surface area (TPSA) is 79.7 Å². The van der Waals surface area contributed by atoms with E-state index in [1.807, 2.05) is 65.6 Å². The maximum Gasteiger partial charge on any atom is 0.328 e. The Bertz CT molecular complexity index is 1180. The van der Waals surface area contributed by atoms with Gasteiger partial charge in [-0.2, -0.15) is 0 Å². The fraction of sp³-hybridized carbons (Fsp3) is 0.276. The molecule has 1 heterocycles. The van der Waals surface area contributed by atoms with Crippen LogP contribution in [0.5, 0.6) is 5.88 Å². The zero-order valence-electron chi connectivity index (χ0n) is 19.9. The predicted octanol–water partition coefficient (Wildman–Crippen LogP) is 5.97. The molecule has 6 nitrogen and oxygen atoms in total. The molecule has 1 N–H and O–H groups in total. The number of carbonyl (C=O) groups is 2. The maximum absolute atomic E-state index is 13.6. The smallest absolute Gasteiger partial charge is 0.328 e. The summed E-state index contributed by atoms with van der Waals surface area (Å²) in [5.74, 6) is -0.278. The second-order valence-corrected chi connectivity index (χ2v) is 8.81. The van der Waals surface area contributed by atoms with Gasteiger partial charge < -0.3 is 14.7 Å². The fourth-order valence-corrected chi connectivity index (χ4v) is 4.49. The number of carboxylic acid groups (broad SMARTS) is 1. The molecule has 0 spiro atoms. The van der Waals surface area contributed by atoms with Gasteiger partial charge in [-0.1, -0.05) is 55.7 Å². The lowest BCUT2D eigenvalue weighted by molar-refractivity contribution is -0.131. The third kappa shape index (κ3) is 6.35. The van der Waals surface area contributed by atoms with Crippen molar-refractivity contribution in [3.63, 3.8) is 0 Å². The molecule has 35 heavy (non-hydrogen) atoms. The van der Waals surface area contributed by atoms with Gasteiger partial charge in [0.05, 0.1) is 13.7 Å². The van der Waals surface area contributed by atoms with Crippen molar-refractivity contribution in [2.75, 3.05) is 12.0 Å². The van der Waals surface area contributed by atoms with E-state index in [1.165, 1.54) is 6.42 Å². The average molecular weight is 471 g/mol. The van der Waals surface area contributed by atoms with Crippen LogP contribution in [0.4, 0.5) is 5.69 Å². The number of aromatic nitrogens is 1. The van der Waals surface area contributed by atoms with E-state index >= 15 is 0 Å². The van der Waals surface area contributed by atoms with Crippen molar-refractivity contribution in [1.29, 1.82) is 0 Å². The van der Waals surface area contributed by atoms with Crippen molar-refractivity contribution in [3.05, 3.63) is 84.1 Å². The second kappa shape index (κ2) is 11.5. The minimum absolute atomic E-state index is 0.0200. The van der Waals surface area contributed by atoms with Gasteiger partial charge in [0.1, 0.15) is 0 Å². The maximum atomic E-state index is 13.6. The Kier molecular flexibility index (Phi) is 7.93. The minimum Gasteiger partial charge on any atom is -0.481 e. The Morgan fingerprint density at radius 1 is 1.03 bits per heavy atom. The first-order chi connectivity index (χ1) is 17.0. The van der Waals surface area contributed by atoms with Crippen LogP contribution in [-0.2, 0) is 16.1 Å². The molecule has 1 amide bonds. The first kappa shape index (κ1) is 24.2. The Hall–Kier alpha value is -3.93. The molecule has 0 atom stereocenters. The molecule has 6 heteroatoms. The molecule has 3 aromatic rings. The van der Waals surface area contributed by atoms with Crippen LogP contribution in [0.25, 0.3) is 17.2 Å². The van der Waals surface area contributed by atoms with Crippen LogP contribution in [0.2, 0.25) is 0 Å². The van der Waals surface area contributed by atoms with Crippen LogP contribution in [0.15, 0.2) is 72.9 Å². The Morgan fingerprint density at radius 2 is 1.77 bits per heavy atom. The van der Waals surface area contributed by atoms with Crippen LogP contribution in [-0.4, -0.2) is 29.1 Å². The summed E-state index contributed by atoms with van der Waals surface area (Å²) in [5, 5.41) is 8.98. The quantitative estimate of drug-likeness (QED) is 0.410. The van der Waals surface area contributed by atoms with Crippen molar-refractivity contribution in [3.8, 4) is 17.0 Å². The Balaban J connectivity index is 1.59. The van der Waals surface area contributed by atoms with Gasteiger partial charge in [0.2, 0.25) is 11.8 Å². The van der Waals surface area contributed by atoms with Crippen molar-refractivity contribution < 1.29 is 19.4 Å². The van der Waals surface area contributed by atoms with Gasteiger partial charge in [-0.3, -0.25) is 4.79 Å². The average Bonchev–Trinajstić information content (AvgIpc) is 2.91. The molecule has 0 radical (unpaired) electrons. The number of aliphatic carboxylic acids is 1. The van der Waals surface area contributed by atoms with E-state index in [0.29, 0.717) is 12.4 Å².